The number of aromatic nitrogens is 2. The SMILES string of the molecule is Cc1cc(C)nc(NNC(=O)c2ccc(NC3CC3)c([N+](=O)[O-])c2)n1. The third-order valence-electron chi connectivity index (χ3n) is 3.66. The first-order valence-corrected chi connectivity index (χ1v) is 7.86. The lowest BCUT2D eigenvalue weighted by molar-refractivity contribution is -0.384. The van der Waals surface area contributed by atoms with E-state index in [4.69, 9.17) is 0 Å². The molecule has 3 N–H and O–H groups in total. The number of amides is 1. The van der Waals surface area contributed by atoms with E-state index >= 15 is 0 Å². The van der Waals surface area contributed by atoms with Crippen LogP contribution in [0.4, 0.5) is 17.3 Å². The largest absolute Gasteiger partial charge is 0.377 e. The monoisotopic (exact) mass is 342 g/mol. The third-order valence-corrected chi connectivity index (χ3v) is 3.66. The number of nitro benzene ring substituents is 1. The second kappa shape index (κ2) is 6.71. The summed E-state index contributed by atoms with van der Waals surface area (Å²) < 4.78 is 0. The van der Waals surface area contributed by atoms with Crippen molar-refractivity contribution < 1.29 is 9.72 Å². The number of aryl methyl sites for hydroxylation is 2. The Labute approximate surface area is 144 Å². The molecule has 0 radical (unpaired) electrons. The number of benzene rings is 1. The van der Waals surface area contributed by atoms with Crippen molar-refractivity contribution in [2.45, 2.75) is 32.7 Å². The number of carbonyl (C=O) groups is 1. The van der Waals surface area contributed by atoms with Crippen LogP contribution in [0.1, 0.15) is 34.6 Å². The van der Waals surface area contributed by atoms with Crippen LogP contribution in [0.15, 0.2) is 24.3 Å². The van der Waals surface area contributed by atoms with Crippen molar-refractivity contribution >= 4 is 23.2 Å². The second-order valence-electron chi connectivity index (χ2n) is 5.96. The van der Waals surface area contributed by atoms with Crippen molar-refractivity contribution in [3.8, 4) is 0 Å². The quantitative estimate of drug-likeness (QED) is 0.544. The smallest absolute Gasteiger partial charge is 0.293 e. The maximum Gasteiger partial charge on any atom is 0.293 e. The number of hydrogen-bond acceptors (Lipinski definition) is 7. The van der Waals surface area contributed by atoms with Crippen LogP contribution >= 0.6 is 0 Å². The van der Waals surface area contributed by atoms with Gasteiger partial charge in [0.1, 0.15) is 5.69 Å². The summed E-state index contributed by atoms with van der Waals surface area (Å²) in [6, 6.07) is 6.43. The minimum Gasteiger partial charge on any atom is -0.377 e. The molecule has 0 spiro atoms. The zero-order valence-electron chi connectivity index (χ0n) is 13.9. The number of carbonyl (C=O) groups excluding carboxylic acids is 1. The number of rotatable bonds is 6. The van der Waals surface area contributed by atoms with Crippen LogP contribution in [0.2, 0.25) is 0 Å². The van der Waals surface area contributed by atoms with Crippen molar-refractivity contribution in [3.05, 3.63) is 51.3 Å². The lowest BCUT2D eigenvalue weighted by atomic mass is 10.1. The fraction of sp³-hybridized carbons (Fsp3) is 0.312. The van der Waals surface area contributed by atoms with Crippen LogP contribution < -0.4 is 16.2 Å². The number of nitrogens with zero attached hydrogens (tertiary/aromatic N) is 3. The molecule has 25 heavy (non-hydrogen) atoms. The highest BCUT2D eigenvalue weighted by molar-refractivity contribution is 5.96. The second-order valence-corrected chi connectivity index (χ2v) is 5.96. The molecule has 130 valence electrons. The molecule has 2 aromatic rings. The van der Waals surface area contributed by atoms with Crippen molar-refractivity contribution in [2.75, 3.05) is 10.7 Å². The van der Waals surface area contributed by atoms with Gasteiger partial charge in [-0.3, -0.25) is 25.8 Å². The summed E-state index contributed by atoms with van der Waals surface area (Å²) in [7, 11) is 0. The topological polar surface area (TPSA) is 122 Å². The van der Waals surface area contributed by atoms with Crippen LogP contribution in [0, 0.1) is 24.0 Å². The van der Waals surface area contributed by atoms with Gasteiger partial charge in [0.25, 0.3) is 11.6 Å². The first-order chi connectivity index (χ1) is 11.9. The molecule has 1 saturated carbocycles. The normalized spacial score (nSPS) is 13.2. The van der Waals surface area contributed by atoms with Crippen LogP contribution in [0.5, 0.6) is 0 Å². The fourth-order valence-corrected chi connectivity index (χ4v) is 2.36. The molecule has 3 rings (SSSR count). The van der Waals surface area contributed by atoms with Crippen LogP contribution in [0.3, 0.4) is 0 Å². The zero-order chi connectivity index (χ0) is 18.0. The van der Waals surface area contributed by atoms with Gasteiger partial charge in [-0.15, -0.1) is 0 Å². The Morgan fingerprint density at radius 3 is 2.48 bits per heavy atom. The minimum atomic E-state index is -0.510. The molecule has 0 aliphatic heterocycles. The highest BCUT2D eigenvalue weighted by atomic mass is 16.6. The van der Waals surface area contributed by atoms with E-state index in [1.807, 2.05) is 19.9 Å². The molecule has 1 aromatic heterocycles. The summed E-state index contributed by atoms with van der Waals surface area (Å²) >= 11 is 0. The van der Waals surface area contributed by atoms with E-state index in [2.05, 4.69) is 26.1 Å². The third kappa shape index (κ3) is 4.19. The molecular formula is C16H18N6O3. The average Bonchev–Trinajstić information content (AvgIpc) is 3.36. The molecule has 0 bridgehead atoms. The molecule has 1 fully saturated rings. The van der Waals surface area contributed by atoms with Gasteiger partial charge in [0, 0.05) is 29.1 Å². The minimum absolute atomic E-state index is 0.123. The van der Waals surface area contributed by atoms with Crippen molar-refractivity contribution in [1.82, 2.24) is 15.4 Å². The van der Waals surface area contributed by atoms with Crippen LogP contribution in [0.25, 0.3) is 0 Å². The van der Waals surface area contributed by atoms with Gasteiger partial charge in [0.05, 0.1) is 4.92 Å². The van der Waals surface area contributed by atoms with Gasteiger partial charge < -0.3 is 5.32 Å². The van der Waals surface area contributed by atoms with Crippen molar-refractivity contribution in [3.63, 3.8) is 0 Å². The van der Waals surface area contributed by atoms with Crippen LogP contribution in [-0.2, 0) is 0 Å². The number of hydrazine groups is 1. The van der Waals surface area contributed by atoms with Gasteiger partial charge in [0.2, 0.25) is 5.95 Å². The number of nitrogens with one attached hydrogen (secondary N) is 3. The summed E-state index contributed by atoms with van der Waals surface area (Å²) in [5, 5.41) is 14.3. The molecule has 0 atom stereocenters. The van der Waals surface area contributed by atoms with E-state index in [0.29, 0.717) is 5.69 Å². The Bertz CT molecular complexity index is 814. The van der Waals surface area contributed by atoms with Gasteiger partial charge in [-0.1, -0.05) is 0 Å². The van der Waals surface area contributed by atoms with E-state index in [9.17, 15) is 14.9 Å². The maximum atomic E-state index is 12.2. The lowest BCUT2D eigenvalue weighted by Crippen LogP contribution is -2.30. The summed E-state index contributed by atoms with van der Waals surface area (Å²) in [6.07, 6.45) is 2.00. The maximum absolute atomic E-state index is 12.2. The van der Waals surface area contributed by atoms with E-state index in [1.165, 1.54) is 12.1 Å². The molecule has 1 amide bonds. The van der Waals surface area contributed by atoms with Gasteiger partial charge in [-0.25, -0.2) is 9.97 Å². The van der Waals surface area contributed by atoms with Gasteiger partial charge in [-0.2, -0.15) is 0 Å². The predicted octanol–water partition coefficient (Wildman–Crippen LogP) is 2.33. The standard InChI is InChI=1S/C16H18N6O3/c1-9-7-10(2)18-16(17-9)21-20-15(23)11-3-6-13(19-12-4-5-12)14(8-11)22(24)25/h3,6-8,12,19H,4-5H2,1-2H3,(H,20,23)(H,17,18,21). The highest BCUT2D eigenvalue weighted by Gasteiger charge is 2.25. The molecule has 9 nitrogen and oxygen atoms in total. The van der Waals surface area contributed by atoms with Crippen LogP contribution in [-0.4, -0.2) is 26.8 Å². The molecule has 0 saturated heterocycles. The number of anilines is 2. The summed E-state index contributed by atoms with van der Waals surface area (Å²) in [4.78, 5) is 31.3. The number of hydrogen-bond donors (Lipinski definition) is 3. The molecule has 0 unspecified atom stereocenters. The number of nitro groups is 1. The van der Waals surface area contributed by atoms with Gasteiger partial charge in [0.15, 0.2) is 0 Å². The Balaban J connectivity index is 1.72. The highest BCUT2D eigenvalue weighted by Crippen LogP contribution is 2.31. The van der Waals surface area contributed by atoms with Crippen molar-refractivity contribution in [2.24, 2.45) is 0 Å². The Morgan fingerprint density at radius 1 is 1.20 bits per heavy atom. The first kappa shape index (κ1) is 16.6. The Morgan fingerprint density at radius 2 is 1.88 bits per heavy atom. The molecule has 1 aliphatic rings. The van der Waals surface area contributed by atoms with E-state index < -0.39 is 10.8 Å². The summed E-state index contributed by atoms with van der Waals surface area (Å²) in [6.45, 7) is 3.63. The Kier molecular flexibility index (Phi) is 4.46. The molecular weight excluding hydrogens is 324 g/mol. The lowest BCUT2D eigenvalue weighted by Gasteiger charge is -2.10. The average molecular weight is 342 g/mol. The van der Waals surface area contributed by atoms with Gasteiger partial charge in [-0.05, 0) is 44.9 Å². The summed E-state index contributed by atoms with van der Waals surface area (Å²) in [5.74, 6) is -0.254. The van der Waals surface area contributed by atoms with E-state index in [-0.39, 0.29) is 23.2 Å². The molecule has 1 heterocycles. The molecule has 1 aromatic carbocycles. The first-order valence-electron chi connectivity index (χ1n) is 7.86. The van der Waals surface area contributed by atoms with Crippen molar-refractivity contribution in [1.29, 1.82) is 0 Å². The molecule has 9 heteroatoms. The fourth-order valence-electron chi connectivity index (χ4n) is 2.36. The predicted molar refractivity (Wildman–Crippen MR) is 92.3 cm³/mol. The Hall–Kier alpha value is -3.23. The summed E-state index contributed by atoms with van der Waals surface area (Å²) in [5.41, 5.74) is 7.07. The van der Waals surface area contributed by atoms with E-state index in [1.54, 1.807) is 6.07 Å². The van der Waals surface area contributed by atoms with E-state index in [0.717, 1.165) is 24.2 Å². The zero-order valence-corrected chi connectivity index (χ0v) is 13.9. The van der Waals surface area contributed by atoms with Gasteiger partial charge >= 0.3 is 0 Å². The molecule has 1 aliphatic carbocycles.